The van der Waals surface area contributed by atoms with Gasteiger partial charge in [0.15, 0.2) is 5.82 Å². The first kappa shape index (κ1) is 18.1. The van der Waals surface area contributed by atoms with Crippen molar-refractivity contribution in [2.24, 2.45) is 0 Å². The highest BCUT2D eigenvalue weighted by atomic mass is 16.5. The number of anilines is 1. The van der Waals surface area contributed by atoms with Crippen molar-refractivity contribution in [3.05, 3.63) is 47.0 Å². The van der Waals surface area contributed by atoms with Gasteiger partial charge in [0.25, 0.3) is 11.8 Å². The second-order valence-electron chi connectivity index (χ2n) is 6.41. The molecule has 1 aromatic heterocycles. The van der Waals surface area contributed by atoms with Crippen molar-refractivity contribution >= 4 is 17.5 Å². The molecule has 26 heavy (non-hydrogen) atoms. The summed E-state index contributed by atoms with van der Waals surface area (Å²) in [5.74, 6) is -0.268. The molecule has 2 heterocycles. The number of methoxy groups -OCH3 is 1. The van der Waals surface area contributed by atoms with Crippen LogP contribution in [0.3, 0.4) is 0 Å². The van der Waals surface area contributed by atoms with Gasteiger partial charge in [-0.2, -0.15) is 0 Å². The first-order valence-electron chi connectivity index (χ1n) is 8.84. The molecule has 1 aromatic carbocycles. The number of aryl methyl sites for hydroxylation is 1. The van der Waals surface area contributed by atoms with Crippen LogP contribution in [0.4, 0.5) is 5.69 Å². The largest absolute Gasteiger partial charge is 0.383 e. The van der Waals surface area contributed by atoms with Crippen LogP contribution in [-0.4, -0.2) is 41.6 Å². The summed E-state index contributed by atoms with van der Waals surface area (Å²) >= 11 is 0. The molecule has 0 aliphatic carbocycles. The summed E-state index contributed by atoms with van der Waals surface area (Å²) in [7, 11) is 1.58. The van der Waals surface area contributed by atoms with E-state index < -0.39 is 0 Å². The van der Waals surface area contributed by atoms with Crippen LogP contribution in [0, 0.1) is 6.92 Å². The molecule has 2 N–H and O–H groups in total. The van der Waals surface area contributed by atoms with Crippen LogP contribution in [-0.2, 0) is 17.7 Å². The third-order valence-electron chi connectivity index (χ3n) is 4.40. The molecule has 138 valence electrons. The second-order valence-corrected chi connectivity index (χ2v) is 6.41. The van der Waals surface area contributed by atoms with Gasteiger partial charge in [-0.1, -0.05) is 12.1 Å². The monoisotopic (exact) mass is 356 g/mol. The summed E-state index contributed by atoms with van der Waals surface area (Å²) in [5, 5.41) is 5.67. The number of nitrogens with one attached hydrogen (secondary N) is 2. The van der Waals surface area contributed by atoms with E-state index in [4.69, 9.17) is 4.74 Å². The minimum atomic E-state index is -0.297. The van der Waals surface area contributed by atoms with Crippen molar-refractivity contribution in [3.63, 3.8) is 0 Å². The van der Waals surface area contributed by atoms with Crippen LogP contribution in [0.2, 0.25) is 0 Å². The van der Waals surface area contributed by atoms with Gasteiger partial charge in [-0.15, -0.1) is 0 Å². The van der Waals surface area contributed by atoms with Gasteiger partial charge in [0.05, 0.1) is 12.3 Å². The van der Waals surface area contributed by atoms with Crippen LogP contribution in [0.15, 0.2) is 24.3 Å². The van der Waals surface area contributed by atoms with Crippen LogP contribution >= 0.6 is 0 Å². The number of hydrogen-bond donors (Lipinski definition) is 2. The molecule has 0 bridgehead atoms. The molecule has 0 unspecified atom stereocenters. The molecule has 1 aliphatic rings. The molecule has 0 fully saturated rings. The second kappa shape index (κ2) is 8.14. The number of carbonyl (C=O) groups excluding carboxylic acids is 2. The van der Waals surface area contributed by atoms with Gasteiger partial charge in [0.1, 0.15) is 5.69 Å². The molecule has 0 spiro atoms. The molecular formula is C19H24N4O3. The lowest BCUT2D eigenvalue weighted by molar-refractivity contribution is 0.0931. The SMILES string of the molecule is COCCNC(=O)c1nc(C(=O)Nc2cccc(C)c2)n2c1CCCC2. The summed E-state index contributed by atoms with van der Waals surface area (Å²) < 4.78 is 6.83. The standard InChI is InChI=1S/C19H24N4O3/c1-13-6-5-7-14(12-13)21-19(25)17-22-16(18(24)20-9-11-26-2)15-8-3-4-10-23(15)17/h5-7,12H,3-4,8-11H2,1-2H3,(H,20,24)(H,21,25). The van der Waals surface area contributed by atoms with E-state index in [-0.39, 0.29) is 17.6 Å². The van der Waals surface area contributed by atoms with Gasteiger partial charge < -0.3 is 19.9 Å². The van der Waals surface area contributed by atoms with Gasteiger partial charge in [0, 0.05) is 25.9 Å². The summed E-state index contributed by atoms with van der Waals surface area (Å²) in [4.78, 5) is 29.6. The van der Waals surface area contributed by atoms with Crippen molar-refractivity contribution < 1.29 is 14.3 Å². The fourth-order valence-corrected chi connectivity index (χ4v) is 3.16. The first-order valence-corrected chi connectivity index (χ1v) is 8.84. The van der Waals surface area contributed by atoms with Crippen molar-refractivity contribution in [1.82, 2.24) is 14.9 Å². The minimum Gasteiger partial charge on any atom is -0.383 e. The fourth-order valence-electron chi connectivity index (χ4n) is 3.16. The lowest BCUT2D eigenvalue weighted by atomic mass is 10.1. The summed E-state index contributed by atoms with van der Waals surface area (Å²) in [5.41, 5.74) is 2.95. The molecule has 0 saturated heterocycles. The number of amides is 2. The van der Waals surface area contributed by atoms with Gasteiger partial charge in [-0.25, -0.2) is 4.98 Å². The smallest absolute Gasteiger partial charge is 0.291 e. The van der Waals surface area contributed by atoms with Crippen molar-refractivity contribution in [2.75, 3.05) is 25.6 Å². The maximum atomic E-state index is 12.7. The van der Waals surface area contributed by atoms with Crippen LogP contribution in [0.1, 0.15) is 45.2 Å². The van der Waals surface area contributed by atoms with Gasteiger partial charge in [-0.05, 0) is 43.9 Å². The molecule has 1 aliphatic heterocycles. The highest BCUT2D eigenvalue weighted by Crippen LogP contribution is 2.22. The maximum absolute atomic E-state index is 12.7. The quantitative estimate of drug-likeness (QED) is 0.777. The predicted octanol–water partition coefficient (Wildman–Crippen LogP) is 2.16. The number of imidazole rings is 1. The van der Waals surface area contributed by atoms with E-state index in [1.807, 2.05) is 35.8 Å². The third-order valence-corrected chi connectivity index (χ3v) is 4.40. The molecule has 0 atom stereocenters. The summed E-state index contributed by atoms with van der Waals surface area (Å²) in [6.07, 6.45) is 2.71. The number of hydrogen-bond acceptors (Lipinski definition) is 4. The van der Waals surface area contributed by atoms with E-state index in [2.05, 4.69) is 15.6 Å². The zero-order valence-electron chi connectivity index (χ0n) is 15.2. The van der Waals surface area contributed by atoms with E-state index in [0.29, 0.717) is 31.1 Å². The van der Waals surface area contributed by atoms with E-state index in [9.17, 15) is 9.59 Å². The van der Waals surface area contributed by atoms with E-state index >= 15 is 0 Å². The molecule has 2 aromatic rings. The Morgan fingerprint density at radius 1 is 1.27 bits per heavy atom. The molecule has 2 amide bonds. The number of rotatable bonds is 6. The maximum Gasteiger partial charge on any atom is 0.291 e. The highest BCUT2D eigenvalue weighted by Gasteiger charge is 2.27. The topological polar surface area (TPSA) is 85.2 Å². The number of fused-ring (bicyclic) bond motifs is 1. The summed E-state index contributed by atoms with van der Waals surface area (Å²) in [6, 6.07) is 7.59. The van der Waals surface area contributed by atoms with Gasteiger partial charge in [-0.3, -0.25) is 9.59 Å². The first-order chi connectivity index (χ1) is 12.6. The van der Waals surface area contributed by atoms with Gasteiger partial charge >= 0.3 is 0 Å². The zero-order valence-corrected chi connectivity index (χ0v) is 15.2. The van der Waals surface area contributed by atoms with Crippen molar-refractivity contribution in [3.8, 4) is 0 Å². The Bertz CT molecular complexity index is 813. The number of ether oxygens (including phenoxy) is 1. The Morgan fingerprint density at radius 2 is 2.12 bits per heavy atom. The fraction of sp³-hybridized carbons (Fsp3) is 0.421. The molecular weight excluding hydrogens is 332 g/mol. The van der Waals surface area contributed by atoms with Crippen molar-refractivity contribution in [2.45, 2.75) is 32.7 Å². The van der Waals surface area contributed by atoms with Gasteiger partial charge in [0.2, 0.25) is 0 Å². The van der Waals surface area contributed by atoms with E-state index in [1.165, 1.54) is 0 Å². The third kappa shape index (κ3) is 3.94. The summed E-state index contributed by atoms with van der Waals surface area (Å²) in [6.45, 7) is 3.51. The highest BCUT2D eigenvalue weighted by molar-refractivity contribution is 6.03. The zero-order chi connectivity index (χ0) is 18.5. The lowest BCUT2D eigenvalue weighted by Crippen LogP contribution is -2.28. The average Bonchev–Trinajstić information content (AvgIpc) is 3.02. The molecule has 0 saturated carbocycles. The molecule has 0 radical (unpaired) electrons. The Morgan fingerprint density at radius 3 is 2.88 bits per heavy atom. The van der Waals surface area contributed by atoms with Crippen LogP contribution < -0.4 is 10.6 Å². The Labute approximate surface area is 152 Å². The number of nitrogens with zero attached hydrogens (tertiary/aromatic N) is 2. The van der Waals surface area contributed by atoms with Crippen molar-refractivity contribution in [1.29, 1.82) is 0 Å². The predicted molar refractivity (Wildman–Crippen MR) is 98.5 cm³/mol. The van der Waals surface area contributed by atoms with E-state index in [1.54, 1.807) is 7.11 Å². The number of carbonyl (C=O) groups is 2. The minimum absolute atomic E-state index is 0.262. The van der Waals surface area contributed by atoms with Crippen LogP contribution in [0.25, 0.3) is 0 Å². The Balaban J connectivity index is 1.84. The average molecular weight is 356 g/mol. The molecule has 7 heteroatoms. The Hall–Kier alpha value is -2.67. The number of aromatic nitrogens is 2. The Kier molecular flexibility index (Phi) is 5.68. The normalized spacial score (nSPS) is 13.2. The molecule has 3 rings (SSSR count). The molecule has 7 nitrogen and oxygen atoms in total. The van der Waals surface area contributed by atoms with Crippen LogP contribution in [0.5, 0.6) is 0 Å². The lowest BCUT2D eigenvalue weighted by Gasteiger charge is -2.17. The van der Waals surface area contributed by atoms with E-state index in [0.717, 1.165) is 30.5 Å². The number of benzene rings is 1.